The van der Waals surface area contributed by atoms with E-state index in [4.69, 9.17) is 0 Å². The van der Waals surface area contributed by atoms with Gasteiger partial charge in [-0.05, 0) is 12.1 Å². The summed E-state index contributed by atoms with van der Waals surface area (Å²) >= 11 is 0. The molecule has 1 unspecified atom stereocenters. The molecule has 2 nitrogen and oxygen atoms in total. The van der Waals surface area contributed by atoms with Gasteiger partial charge in [0.05, 0.1) is 0 Å². The first kappa shape index (κ1) is 8.08. The van der Waals surface area contributed by atoms with E-state index in [0.29, 0.717) is 0 Å². The molecule has 2 aromatic rings. The van der Waals surface area contributed by atoms with Crippen LogP contribution in [-0.4, -0.2) is 9.67 Å². The maximum Gasteiger partial charge on any atom is 0.156 e. The summed E-state index contributed by atoms with van der Waals surface area (Å²) in [5, 5.41) is 9.84. The van der Waals surface area contributed by atoms with E-state index in [1.54, 1.807) is 4.57 Å². The molecule has 0 aliphatic rings. The number of benzene rings is 1. The van der Waals surface area contributed by atoms with Crippen LogP contribution in [0.1, 0.15) is 11.8 Å². The van der Waals surface area contributed by atoms with E-state index in [9.17, 15) is 5.11 Å². The van der Waals surface area contributed by atoms with E-state index in [2.05, 4.69) is 0 Å². The molecule has 1 aromatic carbocycles. The summed E-state index contributed by atoms with van der Waals surface area (Å²) in [5.41, 5.74) is 0.902. The van der Waals surface area contributed by atoms with Crippen LogP contribution >= 0.6 is 0 Å². The van der Waals surface area contributed by atoms with Gasteiger partial charge in [-0.25, -0.2) is 0 Å². The zero-order valence-corrected chi connectivity index (χ0v) is 7.17. The fourth-order valence-electron chi connectivity index (χ4n) is 1.31. The third-order valence-electron chi connectivity index (χ3n) is 2.01. The van der Waals surface area contributed by atoms with Crippen LogP contribution in [0.2, 0.25) is 0 Å². The Hall–Kier alpha value is -1.54. The third-order valence-corrected chi connectivity index (χ3v) is 2.01. The van der Waals surface area contributed by atoms with Crippen molar-refractivity contribution in [2.45, 2.75) is 6.23 Å². The summed E-state index contributed by atoms with van der Waals surface area (Å²) < 4.78 is 1.76. The highest BCUT2D eigenvalue weighted by Gasteiger charge is 2.05. The molecule has 0 spiro atoms. The van der Waals surface area contributed by atoms with Crippen molar-refractivity contribution in [3.8, 4) is 0 Å². The lowest BCUT2D eigenvalue weighted by molar-refractivity contribution is 0.146. The molecule has 1 atom stereocenters. The molecule has 0 aliphatic carbocycles. The summed E-state index contributed by atoms with van der Waals surface area (Å²) in [7, 11) is 0. The first-order chi connectivity index (χ1) is 6.38. The molecule has 0 bridgehead atoms. The van der Waals surface area contributed by atoms with Crippen LogP contribution in [0.15, 0.2) is 54.9 Å². The zero-order chi connectivity index (χ0) is 9.10. The van der Waals surface area contributed by atoms with Gasteiger partial charge >= 0.3 is 0 Å². The van der Waals surface area contributed by atoms with Crippen LogP contribution in [0.4, 0.5) is 0 Å². The van der Waals surface area contributed by atoms with Crippen molar-refractivity contribution in [2.24, 2.45) is 0 Å². The zero-order valence-electron chi connectivity index (χ0n) is 7.17. The van der Waals surface area contributed by atoms with Gasteiger partial charge < -0.3 is 9.67 Å². The van der Waals surface area contributed by atoms with Crippen molar-refractivity contribution < 1.29 is 5.11 Å². The average molecular weight is 173 g/mol. The summed E-state index contributed by atoms with van der Waals surface area (Å²) in [4.78, 5) is 0. The number of aliphatic hydroxyl groups excluding tert-OH is 1. The predicted octanol–water partition coefficient (Wildman–Crippen LogP) is 2.03. The Balaban J connectivity index is 2.29. The fourth-order valence-corrected chi connectivity index (χ4v) is 1.31. The molecule has 1 heterocycles. The Morgan fingerprint density at radius 1 is 0.923 bits per heavy atom. The molecule has 0 saturated carbocycles. The number of nitrogens with zero attached hydrogens (tertiary/aromatic N) is 1. The van der Waals surface area contributed by atoms with Crippen molar-refractivity contribution >= 4 is 0 Å². The summed E-state index contributed by atoms with van der Waals surface area (Å²) in [6.45, 7) is 0. The summed E-state index contributed by atoms with van der Waals surface area (Å²) in [6, 6.07) is 13.4. The van der Waals surface area contributed by atoms with Crippen LogP contribution in [-0.2, 0) is 0 Å². The minimum Gasteiger partial charge on any atom is -0.369 e. The molecule has 0 radical (unpaired) electrons. The van der Waals surface area contributed by atoms with Crippen molar-refractivity contribution in [3.63, 3.8) is 0 Å². The number of hydrogen-bond donors (Lipinski definition) is 1. The smallest absolute Gasteiger partial charge is 0.156 e. The van der Waals surface area contributed by atoms with E-state index < -0.39 is 6.23 Å². The molecule has 0 amide bonds. The third kappa shape index (κ3) is 1.63. The molecular formula is C11H11NO. The minimum atomic E-state index is -0.573. The highest BCUT2D eigenvalue weighted by Crippen LogP contribution is 2.14. The van der Waals surface area contributed by atoms with Crippen LogP contribution in [0.3, 0.4) is 0 Å². The van der Waals surface area contributed by atoms with Crippen molar-refractivity contribution in [2.75, 3.05) is 0 Å². The van der Waals surface area contributed by atoms with E-state index in [-0.39, 0.29) is 0 Å². The number of aliphatic hydroxyl groups is 1. The van der Waals surface area contributed by atoms with Crippen molar-refractivity contribution in [3.05, 3.63) is 60.4 Å². The molecule has 66 valence electrons. The minimum absolute atomic E-state index is 0.573. The highest BCUT2D eigenvalue weighted by molar-refractivity contribution is 5.18. The van der Waals surface area contributed by atoms with Crippen LogP contribution in [0.25, 0.3) is 0 Å². The Kier molecular flexibility index (Phi) is 2.15. The molecule has 1 N–H and O–H groups in total. The molecule has 2 heteroatoms. The second-order valence-electron chi connectivity index (χ2n) is 2.91. The molecule has 13 heavy (non-hydrogen) atoms. The predicted molar refractivity (Wildman–Crippen MR) is 51.2 cm³/mol. The average Bonchev–Trinajstić information content (AvgIpc) is 2.71. The van der Waals surface area contributed by atoms with Crippen molar-refractivity contribution in [1.29, 1.82) is 0 Å². The maximum absolute atomic E-state index is 9.84. The van der Waals surface area contributed by atoms with E-state index in [1.165, 1.54) is 0 Å². The first-order valence-electron chi connectivity index (χ1n) is 4.23. The summed E-state index contributed by atoms with van der Waals surface area (Å²) in [5.74, 6) is 0. The van der Waals surface area contributed by atoms with Crippen LogP contribution < -0.4 is 0 Å². The Bertz CT molecular complexity index is 353. The lowest BCUT2D eigenvalue weighted by Crippen LogP contribution is -2.06. The van der Waals surface area contributed by atoms with Gasteiger partial charge in [0.1, 0.15) is 0 Å². The maximum atomic E-state index is 9.84. The lowest BCUT2D eigenvalue weighted by atomic mass is 10.2. The van der Waals surface area contributed by atoms with E-state index in [0.717, 1.165) is 5.56 Å². The molecular weight excluding hydrogens is 162 g/mol. The highest BCUT2D eigenvalue weighted by atomic mass is 16.3. The molecule has 0 fully saturated rings. The Morgan fingerprint density at radius 3 is 2.15 bits per heavy atom. The van der Waals surface area contributed by atoms with Gasteiger partial charge in [-0.3, -0.25) is 0 Å². The Labute approximate surface area is 77.1 Å². The number of aromatic nitrogens is 1. The Morgan fingerprint density at radius 2 is 1.54 bits per heavy atom. The molecule has 0 saturated heterocycles. The van der Waals surface area contributed by atoms with Gasteiger partial charge in [0.2, 0.25) is 0 Å². The van der Waals surface area contributed by atoms with Gasteiger partial charge in [-0.15, -0.1) is 0 Å². The monoisotopic (exact) mass is 173 g/mol. The van der Waals surface area contributed by atoms with Gasteiger partial charge in [-0.2, -0.15) is 0 Å². The standard InChI is InChI=1S/C11H11NO/c13-11(12-8-4-5-9-12)10-6-2-1-3-7-10/h1-9,11,13H. The van der Waals surface area contributed by atoms with Gasteiger partial charge in [0.15, 0.2) is 6.23 Å². The second kappa shape index (κ2) is 3.46. The van der Waals surface area contributed by atoms with Gasteiger partial charge in [-0.1, -0.05) is 30.3 Å². The molecule has 0 aliphatic heterocycles. The van der Waals surface area contributed by atoms with Crippen molar-refractivity contribution in [1.82, 2.24) is 4.57 Å². The fraction of sp³-hybridized carbons (Fsp3) is 0.0909. The van der Waals surface area contributed by atoms with Gasteiger partial charge in [0.25, 0.3) is 0 Å². The number of rotatable bonds is 2. The molecule has 2 rings (SSSR count). The number of hydrogen-bond acceptors (Lipinski definition) is 1. The van der Waals surface area contributed by atoms with Crippen LogP contribution in [0, 0.1) is 0 Å². The van der Waals surface area contributed by atoms with Crippen LogP contribution in [0.5, 0.6) is 0 Å². The molecule has 1 aromatic heterocycles. The first-order valence-corrected chi connectivity index (χ1v) is 4.23. The van der Waals surface area contributed by atoms with E-state index in [1.807, 2.05) is 54.9 Å². The second-order valence-corrected chi connectivity index (χ2v) is 2.91. The van der Waals surface area contributed by atoms with E-state index >= 15 is 0 Å². The summed E-state index contributed by atoms with van der Waals surface area (Å²) in [6.07, 6.45) is 3.12. The quantitative estimate of drug-likeness (QED) is 0.738. The van der Waals surface area contributed by atoms with Gasteiger partial charge in [0, 0.05) is 18.0 Å². The SMILES string of the molecule is OC(c1ccccc1)n1cccc1. The largest absolute Gasteiger partial charge is 0.369 e. The topological polar surface area (TPSA) is 25.2 Å². The normalized spacial score (nSPS) is 12.7. The lowest BCUT2D eigenvalue weighted by Gasteiger charge is -2.12.